The number of hydrogen-bond acceptors (Lipinski definition) is 6. The van der Waals surface area contributed by atoms with E-state index in [0.29, 0.717) is 35.2 Å². The summed E-state index contributed by atoms with van der Waals surface area (Å²) in [4.78, 5) is 9.44. The van der Waals surface area contributed by atoms with Gasteiger partial charge in [0.2, 0.25) is 0 Å². The molecule has 0 fully saturated rings. The van der Waals surface area contributed by atoms with Gasteiger partial charge in [0.25, 0.3) is 0 Å². The van der Waals surface area contributed by atoms with Gasteiger partial charge in [-0.15, -0.1) is 0 Å². The molecule has 0 bridgehead atoms. The van der Waals surface area contributed by atoms with Crippen molar-refractivity contribution in [3.05, 3.63) is 52.9 Å². The van der Waals surface area contributed by atoms with Crippen molar-refractivity contribution in [2.24, 2.45) is 0 Å². The summed E-state index contributed by atoms with van der Waals surface area (Å²) in [5, 5.41) is 13.3. The summed E-state index contributed by atoms with van der Waals surface area (Å²) < 4.78 is 13.0. The highest BCUT2D eigenvalue weighted by molar-refractivity contribution is 6.33. The number of imidazole rings is 1. The van der Waals surface area contributed by atoms with Crippen molar-refractivity contribution in [2.75, 3.05) is 26.1 Å². The van der Waals surface area contributed by atoms with E-state index in [-0.39, 0.29) is 6.61 Å². The largest absolute Gasteiger partial charge is 0.493 e. The Morgan fingerprint density at radius 2 is 1.90 bits per heavy atom. The first kappa shape index (κ1) is 20.3. The van der Waals surface area contributed by atoms with Crippen LogP contribution in [0.2, 0.25) is 5.02 Å². The number of aliphatic hydroxyl groups excluding tert-OH is 1. The molecule has 156 valence electrons. The molecule has 0 saturated heterocycles. The molecule has 2 N–H and O–H groups in total. The highest BCUT2D eigenvalue weighted by atomic mass is 35.5. The fraction of sp³-hybridized carbons (Fsp3) is 0.273. The molecule has 0 saturated carbocycles. The van der Waals surface area contributed by atoms with Gasteiger partial charge < -0.3 is 19.9 Å². The van der Waals surface area contributed by atoms with Gasteiger partial charge in [0.05, 0.1) is 42.2 Å². The summed E-state index contributed by atoms with van der Waals surface area (Å²) in [6.45, 7) is 2.09. The van der Waals surface area contributed by atoms with E-state index in [0.717, 1.165) is 33.6 Å². The Labute approximate surface area is 179 Å². The van der Waals surface area contributed by atoms with Gasteiger partial charge in [-0.1, -0.05) is 23.7 Å². The number of para-hydroxylation sites is 1. The Kier molecular flexibility index (Phi) is 5.65. The molecule has 2 aromatic carbocycles. The molecule has 2 aromatic heterocycles. The molecule has 0 atom stereocenters. The van der Waals surface area contributed by atoms with Crippen LogP contribution in [0.3, 0.4) is 0 Å². The number of anilines is 2. The molecule has 0 aliphatic carbocycles. The summed E-state index contributed by atoms with van der Waals surface area (Å²) in [6, 6.07) is 9.47. The van der Waals surface area contributed by atoms with Crippen LogP contribution in [0.5, 0.6) is 11.5 Å². The van der Waals surface area contributed by atoms with Crippen molar-refractivity contribution < 1.29 is 14.6 Å². The first-order valence-electron chi connectivity index (χ1n) is 9.62. The van der Waals surface area contributed by atoms with Crippen molar-refractivity contribution in [1.82, 2.24) is 14.4 Å². The van der Waals surface area contributed by atoms with Crippen LogP contribution in [0.4, 0.5) is 11.5 Å². The number of hydrogen-bond donors (Lipinski definition) is 2. The normalized spacial score (nSPS) is 11.2. The summed E-state index contributed by atoms with van der Waals surface area (Å²) >= 11 is 6.43. The quantitative estimate of drug-likeness (QED) is 0.452. The average molecular weight is 427 g/mol. The minimum atomic E-state index is 0.0962. The number of ether oxygens (including phenoxy) is 2. The third-order valence-corrected chi connectivity index (χ3v) is 5.37. The van der Waals surface area contributed by atoms with Crippen molar-refractivity contribution in [1.29, 1.82) is 0 Å². The van der Waals surface area contributed by atoms with Crippen LogP contribution >= 0.6 is 11.6 Å². The Morgan fingerprint density at radius 1 is 1.13 bits per heavy atom. The van der Waals surface area contributed by atoms with E-state index in [1.165, 1.54) is 0 Å². The fourth-order valence-corrected chi connectivity index (χ4v) is 3.81. The zero-order chi connectivity index (χ0) is 21.3. The Balaban J connectivity index is 1.99. The predicted octanol–water partition coefficient (Wildman–Crippen LogP) is 4.53. The lowest BCUT2D eigenvalue weighted by atomic mass is 10.2. The van der Waals surface area contributed by atoms with Crippen molar-refractivity contribution in [3.63, 3.8) is 0 Å². The Morgan fingerprint density at radius 3 is 2.60 bits per heavy atom. The van der Waals surface area contributed by atoms with Crippen LogP contribution in [-0.2, 0) is 6.42 Å². The van der Waals surface area contributed by atoms with Gasteiger partial charge in [-0.25, -0.2) is 9.97 Å². The number of nitrogens with one attached hydrogen (secondary N) is 1. The topological polar surface area (TPSA) is 80.9 Å². The number of aromatic nitrogens is 3. The van der Waals surface area contributed by atoms with E-state index in [1.807, 2.05) is 41.7 Å². The predicted molar refractivity (Wildman–Crippen MR) is 118 cm³/mol. The number of methoxy groups -OCH3 is 2. The van der Waals surface area contributed by atoms with Crippen LogP contribution < -0.4 is 14.8 Å². The molecule has 4 aromatic rings. The van der Waals surface area contributed by atoms with Gasteiger partial charge in [-0.3, -0.25) is 4.40 Å². The lowest BCUT2D eigenvalue weighted by Gasteiger charge is -2.16. The van der Waals surface area contributed by atoms with E-state index < -0.39 is 0 Å². The van der Waals surface area contributed by atoms with E-state index >= 15 is 0 Å². The Bertz CT molecular complexity index is 1200. The number of rotatable bonds is 7. The molecule has 0 aliphatic rings. The summed E-state index contributed by atoms with van der Waals surface area (Å²) in [5.74, 6) is 2.66. The van der Waals surface area contributed by atoms with E-state index in [4.69, 9.17) is 26.1 Å². The monoisotopic (exact) mass is 426 g/mol. The number of aryl methyl sites for hydroxylation is 2. The fourth-order valence-electron chi connectivity index (χ4n) is 3.54. The summed E-state index contributed by atoms with van der Waals surface area (Å²) in [7, 11) is 3.20. The van der Waals surface area contributed by atoms with Gasteiger partial charge in [0.15, 0.2) is 17.3 Å². The molecule has 2 heterocycles. The molecule has 0 unspecified atom stereocenters. The summed E-state index contributed by atoms with van der Waals surface area (Å²) in [6.07, 6.45) is 3.02. The molecular formula is C22H23ClN4O3. The molecule has 7 nitrogen and oxygen atoms in total. The smallest absolute Gasteiger partial charge is 0.163 e. The van der Waals surface area contributed by atoms with E-state index in [2.05, 4.69) is 10.3 Å². The number of fused-ring (bicyclic) bond motifs is 3. The SMILES string of the molecule is COc1cc2nc(Nc3c(C)cccc3Cl)c3cnc(CCCO)n3c2cc1OC. The van der Waals surface area contributed by atoms with Crippen molar-refractivity contribution in [3.8, 4) is 11.5 Å². The van der Waals surface area contributed by atoms with E-state index in [9.17, 15) is 5.11 Å². The van der Waals surface area contributed by atoms with E-state index in [1.54, 1.807) is 20.4 Å². The lowest BCUT2D eigenvalue weighted by molar-refractivity contribution is 0.287. The maximum Gasteiger partial charge on any atom is 0.163 e. The zero-order valence-corrected chi connectivity index (χ0v) is 17.8. The van der Waals surface area contributed by atoms with Crippen LogP contribution in [0.1, 0.15) is 17.8 Å². The molecule has 30 heavy (non-hydrogen) atoms. The molecule has 0 aliphatic heterocycles. The van der Waals surface area contributed by atoms with Crippen LogP contribution in [0, 0.1) is 6.92 Å². The Hall–Kier alpha value is -3.03. The maximum atomic E-state index is 9.30. The van der Waals surface area contributed by atoms with Crippen LogP contribution in [0.25, 0.3) is 16.6 Å². The highest BCUT2D eigenvalue weighted by Gasteiger charge is 2.17. The van der Waals surface area contributed by atoms with Crippen molar-refractivity contribution in [2.45, 2.75) is 19.8 Å². The molecule has 4 rings (SSSR count). The molecular weight excluding hydrogens is 404 g/mol. The number of nitrogens with zero attached hydrogens (tertiary/aromatic N) is 3. The van der Waals surface area contributed by atoms with Gasteiger partial charge in [0.1, 0.15) is 11.3 Å². The molecule has 0 radical (unpaired) electrons. The van der Waals surface area contributed by atoms with Crippen LogP contribution in [0.15, 0.2) is 36.5 Å². The van der Waals surface area contributed by atoms with Gasteiger partial charge in [-0.2, -0.15) is 0 Å². The van der Waals surface area contributed by atoms with Gasteiger partial charge >= 0.3 is 0 Å². The van der Waals surface area contributed by atoms with Crippen molar-refractivity contribution >= 4 is 39.7 Å². The second-order valence-corrected chi connectivity index (χ2v) is 7.34. The number of halogens is 1. The lowest BCUT2D eigenvalue weighted by Crippen LogP contribution is -2.04. The third kappa shape index (κ3) is 3.51. The average Bonchev–Trinajstić information content (AvgIpc) is 3.18. The second-order valence-electron chi connectivity index (χ2n) is 6.94. The number of aliphatic hydroxyl groups is 1. The minimum Gasteiger partial charge on any atom is -0.493 e. The second kappa shape index (κ2) is 8.38. The minimum absolute atomic E-state index is 0.0962. The maximum absolute atomic E-state index is 9.30. The zero-order valence-electron chi connectivity index (χ0n) is 17.1. The van der Waals surface area contributed by atoms with Crippen LogP contribution in [-0.4, -0.2) is 40.3 Å². The highest BCUT2D eigenvalue weighted by Crippen LogP contribution is 2.36. The number of benzene rings is 2. The standard InChI is InChI=1S/C22H23ClN4O3/c1-13-6-4-7-14(23)21(13)26-22-17-12-24-20(8-5-9-28)27(17)16-11-19(30-3)18(29-2)10-15(16)25-22/h4,6-7,10-12,28H,5,8-9H2,1-3H3,(H,25,26). The third-order valence-electron chi connectivity index (χ3n) is 5.06. The van der Waals surface area contributed by atoms with Gasteiger partial charge in [-0.05, 0) is 25.0 Å². The molecule has 8 heteroatoms. The summed E-state index contributed by atoms with van der Waals surface area (Å²) in [5.41, 5.74) is 4.17. The molecule has 0 spiro atoms. The van der Waals surface area contributed by atoms with Gasteiger partial charge in [0, 0.05) is 25.2 Å². The molecule has 0 amide bonds. The first-order valence-corrected chi connectivity index (χ1v) is 10.00. The first-order chi connectivity index (χ1) is 14.6.